The molecular weight excluding hydrogens is 366 g/mol. The van der Waals surface area contributed by atoms with Crippen LogP contribution >= 0.6 is 0 Å². The largest absolute Gasteiger partial charge is 0.467 e. The van der Waals surface area contributed by atoms with E-state index in [1.54, 1.807) is 4.90 Å². The molecule has 0 aliphatic carbocycles. The van der Waals surface area contributed by atoms with Crippen LogP contribution in [0, 0.1) is 0 Å². The van der Waals surface area contributed by atoms with Gasteiger partial charge in [-0.05, 0) is 23.4 Å². The molecule has 1 fully saturated rings. The Kier molecular flexibility index (Phi) is 7.28. The van der Waals surface area contributed by atoms with Crippen molar-refractivity contribution in [2.75, 3.05) is 33.3 Å². The Morgan fingerprint density at radius 1 is 1.00 bits per heavy atom. The van der Waals surface area contributed by atoms with E-state index in [1.807, 2.05) is 48.5 Å². The fourth-order valence-corrected chi connectivity index (χ4v) is 3.26. The summed E-state index contributed by atoms with van der Waals surface area (Å²) in [6.45, 7) is 2.70. The molecule has 2 amide bonds. The molecule has 1 unspecified atom stereocenters. The lowest BCUT2D eigenvalue weighted by Crippen LogP contribution is -2.54. The van der Waals surface area contributed by atoms with E-state index in [-0.39, 0.29) is 6.03 Å². The van der Waals surface area contributed by atoms with Crippen molar-refractivity contribution in [1.82, 2.24) is 15.1 Å². The lowest BCUT2D eigenvalue weighted by atomic mass is 10.1. The number of piperazine rings is 1. The first kappa shape index (κ1) is 20.5. The summed E-state index contributed by atoms with van der Waals surface area (Å²) >= 11 is 0. The van der Waals surface area contributed by atoms with Gasteiger partial charge in [0, 0.05) is 32.6 Å². The van der Waals surface area contributed by atoms with Crippen LogP contribution < -0.4 is 5.32 Å². The number of rotatable bonds is 6. The van der Waals surface area contributed by atoms with Crippen LogP contribution in [0.3, 0.4) is 0 Å². The Morgan fingerprint density at radius 3 is 2.24 bits per heavy atom. The van der Waals surface area contributed by atoms with Gasteiger partial charge in [-0.15, -0.1) is 0 Å². The minimum Gasteiger partial charge on any atom is -0.467 e. The summed E-state index contributed by atoms with van der Waals surface area (Å²) < 4.78 is 4.87. The SMILES string of the molecule is COC(=O)C(Cc1ccccc1)NC(=O)N1CCN(C=Cc2ccccc2)CC1. The molecule has 2 aromatic rings. The highest BCUT2D eigenvalue weighted by atomic mass is 16.5. The summed E-state index contributed by atoms with van der Waals surface area (Å²) in [6, 6.07) is 18.8. The Bertz CT molecular complexity index is 816. The maximum atomic E-state index is 12.7. The number of carbonyl (C=O) groups is 2. The van der Waals surface area contributed by atoms with Gasteiger partial charge in [0.1, 0.15) is 6.04 Å². The maximum absolute atomic E-state index is 12.7. The van der Waals surface area contributed by atoms with Crippen LogP contribution in [0.4, 0.5) is 4.79 Å². The molecule has 1 saturated heterocycles. The van der Waals surface area contributed by atoms with Crippen molar-refractivity contribution < 1.29 is 14.3 Å². The zero-order valence-corrected chi connectivity index (χ0v) is 16.7. The standard InChI is InChI=1S/C23H27N3O3/c1-29-22(27)21(18-20-10-6-3-7-11-20)24-23(28)26-16-14-25(15-17-26)13-12-19-8-4-2-5-9-19/h2-13,21H,14-18H2,1H3,(H,24,28). The Hall–Kier alpha value is -3.28. The van der Waals surface area contributed by atoms with Crippen molar-refractivity contribution in [2.45, 2.75) is 12.5 Å². The number of carbonyl (C=O) groups excluding carboxylic acids is 2. The number of ether oxygens (including phenoxy) is 1. The number of amides is 2. The molecule has 29 heavy (non-hydrogen) atoms. The molecule has 1 atom stereocenters. The third kappa shape index (κ3) is 6.10. The van der Waals surface area contributed by atoms with Gasteiger partial charge in [-0.3, -0.25) is 0 Å². The summed E-state index contributed by atoms with van der Waals surface area (Å²) in [5.41, 5.74) is 2.12. The fraction of sp³-hybridized carbons (Fsp3) is 0.304. The molecule has 6 heteroatoms. The second-order valence-electron chi connectivity index (χ2n) is 6.96. The zero-order valence-electron chi connectivity index (χ0n) is 16.7. The summed E-state index contributed by atoms with van der Waals surface area (Å²) in [7, 11) is 1.34. The second-order valence-corrected chi connectivity index (χ2v) is 6.96. The molecule has 152 valence electrons. The van der Waals surface area contributed by atoms with Gasteiger partial charge in [-0.1, -0.05) is 60.7 Å². The highest BCUT2D eigenvalue weighted by Crippen LogP contribution is 2.09. The molecule has 0 saturated carbocycles. The van der Waals surface area contributed by atoms with Gasteiger partial charge < -0.3 is 19.9 Å². The molecule has 1 aliphatic heterocycles. The number of nitrogens with one attached hydrogen (secondary N) is 1. The van der Waals surface area contributed by atoms with Crippen LogP contribution in [-0.4, -0.2) is 61.1 Å². The summed E-state index contributed by atoms with van der Waals surface area (Å²) in [5.74, 6) is -0.438. The van der Waals surface area contributed by atoms with Crippen molar-refractivity contribution in [3.8, 4) is 0 Å². The molecule has 1 N–H and O–H groups in total. The topological polar surface area (TPSA) is 61.9 Å². The first-order chi connectivity index (χ1) is 14.2. The van der Waals surface area contributed by atoms with E-state index in [1.165, 1.54) is 7.11 Å². The highest BCUT2D eigenvalue weighted by Gasteiger charge is 2.26. The van der Waals surface area contributed by atoms with Crippen LogP contribution in [0.15, 0.2) is 66.9 Å². The molecule has 2 aromatic carbocycles. The van der Waals surface area contributed by atoms with E-state index < -0.39 is 12.0 Å². The van der Waals surface area contributed by atoms with Gasteiger partial charge in [-0.2, -0.15) is 0 Å². The van der Waals surface area contributed by atoms with Gasteiger partial charge >= 0.3 is 12.0 Å². The number of esters is 1. The molecule has 1 aliphatic rings. The first-order valence-corrected chi connectivity index (χ1v) is 9.80. The predicted octanol–water partition coefficient (Wildman–Crippen LogP) is 2.77. The Morgan fingerprint density at radius 2 is 1.62 bits per heavy atom. The van der Waals surface area contributed by atoms with Gasteiger partial charge in [0.2, 0.25) is 0 Å². The van der Waals surface area contributed by atoms with Crippen LogP contribution in [0.1, 0.15) is 11.1 Å². The van der Waals surface area contributed by atoms with E-state index in [4.69, 9.17) is 4.74 Å². The van der Waals surface area contributed by atoms with Gasteiger partial charge in [-0.25, -0.2) is 9.59 Å². The van der Waals surface area contributed by atoms with Gasteiger partial charge in [0.15, 0.2) is 0 Å². The summed E-state index contributed by atoms with van der Waals surface area (Å²) in [6.07, 6.45) is 4.54. The second kappa shape index (κ2) is 10.3. The van der Waals surface area contributed by atoms with E-state index in [0.29, 0.717) is 19.5 Å². The average molecular weight is 393 g/mol. The molecule has 0 radical (unpaired) electrons. The average Bonchev–Trinajstić information content (AvgIpc) is 2.78. The number of hydrogen-bond donors (Lipinski definition) is 1. The van der Waals surface area contributed by atoms with E-state index in [9.17, 15) is 9.59 Å². The van der Waals surface area contributed by atoms with E-state index in [2.05, 4.69) is 34.6 Å². The predicted molar refractivity (Wildman–Crippen MR) is 113 cm³/mol. The normalized spacial score (nSPS) is 15.2. The Balaban J connectivity index is 1.52. The zero-order chi connectivity index (χ0) is 20.5. The Labute approximate surface area is 171 Å². The number of nitrogens with zero attached hydrogens (tertiary/aromatic N) is 2. The molecule has 3 rings (SSSR count). The molecule has 0 aromatic heterocycles. The smallest absolute Gasteiger partial charge is 0.328 e. The first-order valence-electron chi connectivity index (χ1n) is 9.80. The minimum absolute atomic E-state index is 0.233. The monoisotopic (exact) mass is 393 g/mol. The molecular formula is C23H27N3O3. The molecule has 0 bridgehead atoms. The minimum atomic E-state index is -0.703. The summed E-state index contributed by atoms with van der Waals surface area (Å²) in [5, 5.41) is 2.83. The van der Waals surface area contributed by atoms with Gasteiger partial charge in [0.05, 0.1) is 7.11 Å². The summed E-state index contributed by atoms with van der Waals surface area (Å²) in [4.78, 5) is 28.7. The maximum Gasteiger partial charge on any atom is 0.328 e. The van der Waals surface area contributed by atoms with Crippen LogP contribution in [0.25, 0.3) is 6.08 Å². The van der Waals surface area contributed by atoms with E-state index >= 15 is 0 Å². The third-order valence-electron chi connectivity index (χ3n) is 4.94. The molecule has 1 heterocycles. The van der Waals surface area contributed by atoms with Crippen LogP contribution in [0.5, 0.6) is 0 Å². The fourth-order valence-electron chi connectivity index (χ4n) is 3.26. The van der Waals surface area contributed by atoms with Crippen LogP contribution in [0.2, 0.25) is 0 Å². The van der Waals surface area contributed by atoms with Crippen molar-refractivity contribution >= 4 is 18.1 Å². The quantitative estimate of drug-likeness (QED) is 0.767. The van der Waals surface area contributed by atoms with Crippen molar-refractivity contribution in [2.24, 2.45) is 0 Å². The lowest BCUT2D eigenvalue weighted by molar-refractivity contribution is -0.142. The number of hydrogen-bond acceptors (Lipinski definition) is 4. The molecule has 6 nitrogen and oxygen atoms in total. The lowest BCUT2D eigenvalue weighted by Gasteiger charge is -2.34. The van der Waals surface area contributed by atoms with Crippen molar-refractivity contribution in [3.05, 3.63) is 78.0 Å². The van der Waals surface area contributed by atoms with Crippen molar-refractivity contribution in [3.63, 3.8) is 0 Å². The number of urea groups is 1. The number of methoxy groups -OCH3 is 1. The van der Waals surface area contributed by atoms with E-state index in [0.717, 1.165) is 24.2 Å². The number of benzene rings is 2. The molecule has 0 spiro atoms. The third-order valence-corrected chi connectivity index (χ3v) is 4.94. The van der Waals surface area contributed by atoms with Gasteiger partial charge in [0.25, 0.3) is 0 Å². The van der Waals surface area contributed by atoms with Crippen molar-refractivity contribution in [1.29, 1.82) is 0 Å². The highest BCUT2D eigenvalue weighted by molar-refractivity contribution is 5.84. The van der Waals surface area contributed by atoms with Crippen LogP contribution in [-0.2, 0) is 16.0 Å².